The van der Waals surface area contributed by atoms with Gasteiger partial charge in [-0.3, -0.25) is 4.79 Å². The molecule has 1 aromatic carbocycles. The van der Waals surface area contributed by atoms with Gasteiger partial charge in [0.05, 0.1) is 21.3 Å². The molecule has 0 unspecified atom stereocenters. The van der Waals surface area contributed by atoms with Crippen molar-refractivity contribution in [3.05, 3.63) is 40.2 Å². The van der Waals surface area contributed by atoms with E-state index in [1.54, 1.807) is 13.8 Å². The summed E-state index contributed by atoms with van der Waals surface area (Å²) < 4.78 is 27.4. The molecule has 0 atom stereocenters. The summed E-state index contributed by atoms with van der Waals surface area (Å²) >= 11 is 5.99. The smallest absolute Gasteiger partial charge is 0.294 e. The molecule has 0 bridgehead atoms. The van der Waals surface area contributed by atoms with Crippen LogP contribution in [-0.4, -0.2) is 19.5 Å². The van der Waals surface area contributed by atoms with Crippen LogP contribution in [0.1, 0.15) is 21.8 Å². The zero-order valence-electron chi connectivity index (χ0n) is 11.0. The number of halogens is 2. The molecule has 0 fully saturated rings. The maximum atomic E-state index is 12.0. The van der Waals surface area contributed by atoms with Gasteiger partial charge in [0.25, 0.3) is 15.0 Å². The number of aromatic nitrogens is 1. The highest BCUT2D eigenvalue weighted by molar-refractivity contribution is 8.13. The molecule has 0 spiro atoms. The lowest BCUT2D eigenvalue weighted by Gasteiger charge is -2.10. The van der Waals surface area contributed by atoms with Crippen LogP contribution in [0.2, 0.25) is 5.02 Å². The molecule has 0 saturated carbocycles. The van der Waals surface area contributed by atoms with Crippen molar-refractivity contribution in [1.29, 1.82) is 0 Å². The van der Waals surface area contributed by atoms with E-state index < -0.39 is 15.0 Å². The normalized spacial score (nSPS) is 11.4. The number of carbonyl (C=O) groups excluding carboxylic acids is 1. The molecular weight excluding hydrogens is 339 g/mol. The lowest BCUT2D eigenvalue weighted by atomic mass is 10.2. The van der Waals surface area contributed by atoms with Crippen LogP contribution in [-0.2, 0) is 9.05 Å². The molecule has 6 nitrogen and oxygen atoms in total. The van der Waals surface area contributed by atoms with Crippen LogP contribution in [0.25, 0.3) is 0 Å². The van der Waals surface area contributed by atoms with Crippen molar-refractivity contribution in [3.63, 3.8) is 0 Å². The number of hydrogen-bond donors (Lipinski definition) is 1. The average molecular weight is 349 g/mol. The van der Waals surface area contributed by atoms with E-state index in [0.29, 0.717) is 11.3 Å². The Morgan fingerprint density at radius 2 is 1.95 bits per heavy atom. The third kappa shape index (κ3) is 3.55. The molecule has 0 saturated heterocycles. The number of amides is 1. The first-order valence-corrected chi connectivity index (χ1v) is 8.36. The highest BCUT2D eigenvalue weighted by Gasteiger charge is 2.18. The van der Waals surface area contributed by atoms with Gasteiger partial charge >= 0.3 is 0 Å². The molecular formula is C12H10Cl2N2O4S. The zero-order valence-corrected chi connectivity index (χ0v) is 13.3. The summed E-state index contributed by atoms with van der Waals surface area (Å²) in [7, 11) is 1.37. The van der Waals surface area contributed by atoms with E-state index in [9.17, 15) is 13.2 Å². The first-order valence-electron chi connectivity index (χ1n) is 5.68. The van der Waals surface area contributed by atoms with Crippen molar-refractivity contribution in [2.75, 3.05) is 5.32 Å². The molecule has 0 aliphatic carbocycles. The number of aryl methyl sites for hydroxylation is 2. The van der Waals surface area contributed by atoms with Gasteiger partial charge in [0.15, 0.2) is 0 Å². The standard InChI is InChI=1S/C12H10Cl2N2O4S/c1-6-3-8(21(14,18)19)5-9(13)11(6)15-12(17)10-4-7(2)16-20-10/h3-5H,1-2H3,(H,15,17). The minimum atomic E-state index is -3.90. The SMILES string of the molecule is Cc1cc(C(=O)Nc2c(C)cc(S(=O)(=O)Cl)cc2Cl)on1. The van der Waals surface area contributed by atoms with Crippen LogP contribution in [0.4, 0.5) is 5.69 Å². The topological polar surface area (TPSA) is 89.3 Å². The molecule has 1 heterocycles. The quantitative estimate of drug-likeness (QED) is 0.860. The van der Waals surface area contributed by atoms with Crippen molar-refractivity contribution < 1.29 is 17.7 Å². The summed E-state index contributed by atoms with van der Waals surface area (Å²) in [6, 6.07) is 3.95. The monoisotopic (exact) mass is 348 g/mol. The van der Waals surface area contributed by atoms with Crippen molar-refractivity contribution in [1.82, 2.24) is 5.16 Å². The number of rotatable bonds is 3. The molecule has 0 aliphatic rings. The lowest BCUT2D eigenvalue weighted by Crippen LogP contribution is -2.12. The van der Waals surface area contributed by atoms with Crippen LogP contribution in [0.3, 0.4) is 0 Å². The number of hydrogen-bond acceptors (Lipinski definition) is 5. The second-order valence-electron chi connectivity index (χ2n) is 4.32. The Morgan fingerprint density at radius 1 is 1.29 bits per heavy atom. The van der Waals surface area contributed by atoms with Gasteiger partial charge in [0.1, 0.15) is 0 Å². The molecule has 9 heteroatoms. The van der Waals surface area contributed by atoms with Crippen molar-refractivity contribution in [3.8, 4) is 0 Å². The van der Waals surface area contributed by atoms with E-state index in [1.807, 2.05) is 0 Å². The fourth-order valence-electron chi connectivity index (χ4n) is 1.66. The Kier molecular flexibility index (Phi) is 4.27. The Morgan fingerprint density at radius 3 is 2.43 bits per heavy atom. The zero-order chi connectivity index (χ0) is 15.8. The van der Waals surface area contributed by atoms with Gasteiger partial charge in [-0.1, -0.05) is 16.8 Å². The number of benzene rings is 1. The Hall–Kier alpha value is -1.57. The summed E-state index contributed by atoms with van der Waals surface area (Å²) in [4.78, 5) is 11.8. The first-order chi connectivity index (χ1) is 9.68. The largest absolute Gasteiger partial charge is 0.351 e. The Balaban J connectivity index is 2.35. The molecule has 21 heavy (non-hydrogen) atoms. The van der Waals surface area contributed by atoms with Crippen LogP contribution in [0.5, 0.6) is 0 Å². The maximum absolute atomic E-state index is 12.0. The predicted molar refractivity (Wildman–Crippen MR) is 78.4 cm³/mol. The number of carbonyl (C=O) groups is 1. The molecule has 0 aliphatic heterocycles. The van der Waals surface area contributed by atoms with Crippen LogP contribution >= 0.6 is 22.3 Å². The molecule has 112 valence electrons. The van der Waals surface area contributed by atoms with Crippen LogP contribution in [0.15, 0.2) is 27.6 Å². The molecule has 2 rings (SSSR count). The molecule has 1 amide bonds. The van der Waals surface area contributed by atoms with E-state index in [0.717, 1.165) is 6.07 Å². The van der Waals surface area contributed by atoms with Gasteiger partial charge in [-0.25, -0.2) is 8.42 Å². The van der Waals surface area contributed by atoms with E-state index in [-0.39, 0.29) is 21.4 Å². The van der Waals surface area contributed by atoms with E-state index in [1.165, 1.54) is 12.1 Å². The molecule has 1 aromatic heterocycles. The fourth-order valence-corrected chi connectivity index (χ4v) is 2.88. The second kappa shape index (κ2) is 5.67. The second-order valence-corrected chi connectivity index (χ2v) is 7.29. The predicted octanol–water partition coefficient (Wildman–Crippen LogP) is 3.12. The van der Waals surface area contributed by atoms with Crippen molar-refractivity contribution in [2.24, 2.45) is 0 Å². The first kappa shape index (κ1) is 15.8. The van der Waals surface area contributed by atoms with Crippen molar-refractivity contribution in [2.45, 2.75) is 18.7 Å². The van der Waals surface area contributed by atoms with Gasteiger partial charge in [0.2, 0.25) is 5.76 Å². The van der Waals surface area contributed by atoms with Gasteiger partial charge in [-0.2, -0.15) is 0 Å². The maximum Gasteiger partial charge on any atom is 0.294 e. The van der Waals surface area contributed by atoms with Gasteiger partial charge in [-0.05, 0) is 31.5 Å². The van der Waals surface area contributed by atoms with E-state index in [2.05, 4.69) is 10.5 Å². The molecule has 0 radical (unpaired) electrons. The van der Waals surface area contributed by atoms with Gasteiger partial charge in [-0.15, -0.1) is 0 Å². The third-order valence-electron chi connectivity index (χ3n) is 2.63. The minimum absolute atomic E-state index is 0.0250. The summed E-state index contributed by atoms with van der Waals surface area (Å²) in [5, 5.41) is 6.20. The van der Waals surface area contributed by atoms with Crippen LogP contribution in [0, 0.1) is 13.8 Å². The average Bonchev–Trinajstić information content (AvgIpc) is 2.79. The highest BCUT2D eigenvalue weighted by Crippen LogP contribution is 2.31. The Labute approximate surface area is 130 Å². The van der Waals surface area contributed by atoms with Gasteiger partial charge in [0, 0.05) is 16.7 Å². The summed E-state index contributed by atoms with van der Waals surface area (Å²) in [5.74, 6) is -0.515. The number of nitrogens with zero attached hydrogens (tertiary/aromatic N) is 1. The van der Waals surface area contributed by atoms with Crippen LogP contribution < -0.4 is 5.32 Å². The molecule has 2 aromatic rings. The summed E-state index contributed by atoms with van der Waals surface area (Å²) in [6.07, 6.45) is 0. The fraction of sp³-hybridized carbons (Fsp3) is 0.167. The van der Waals surface area contributed by atoms with E-state index in [4.69, 9.17) is 26.8 Å². The highest BCUT2D eigenvalue weighted by atomic mass is 35.7. The summed E-state index contributed by atoms with van der Waals surface area (Å²) in [5.41, 5.74) is 1.29. The lowest BCUT2D eigenvalue weighted by molar-refractivity contribution is 0.0988. The van der Waals surface area contributed by atoms with Gasteiger partial charge < -0.3 is 9.84 Å². The Bertz CT molecular complexity index is 791. The summed E-state index contributed by atoms with van der Waals surface area (Å²) in [6.45, 7) is 3.28. The van der Waals surface area contributed by atoms with Crippen molar-refractivity contribution >= 4 is 42.9 Å². The third-order valence-corrected chi connectivity index (χ3v) is 4.26. The minimum Gasteiger partial charge on any atom is -0.351 e. The number of anilines is 1. The number of nitrogens with one attached hydrogen (secondary N) is 1. The molecule has 1 N–H and O–H groups in total. The van der Waals surface area contributed by atoms with E-state index >= 15 is 0 Å².